The summed E-state index contributed by atoms with van der Waals surface area (Å²) in [6.07, 6.45) is 1.01. The molecule has 0 atom stereocenters. The molecule has 0 aliphatic heterocycles. The number of rotatable bonds is 9. The Hall–Kier alpha value is -2.27. The lowest BCUT2D eigenvalue weighted by atomic mass is 10.2. The highest BCUT2D eigenvalue weighted by Gasteiger charge is 2.32. The lowest BCUT2D eigenvalue weighted by Crippen LogP contribution is -2.11. The third kappa shape index (κ3) is 4.67. The van der Waals surface area contributed by atoms with E-state index in [0.717, 1.165) is 6.26 Å². The maximum Gasteiger partial charge on any atom is 0.396 e. The SMILES string of the molecule is CCOP(=O)(OCC)c1ccc(-c2nc3c(N)nc(S(C)(=O)=O)nc3n2CC(C)C)o1. The predicted octanol–water partition coefficient (Wildman–Crippen LogP) is 2.62. The van der Waals surface area contributed by atoms with E-state index in [4.69, 9.17) is 19.2 Å². The van der Waals surface area contributed by atoms with Crippen LogP contribution in [-0.2, 0) is 30.0 Å². The minimum absolute atomic E-state index is 0.0465. The van der Waals surface area contributed by atoms with Crippen molar-refractivity contribution in [2.45, 2.75) is 39.4 Å². The Labute approximate surface area is 180 Å². The zero-order chi connectivity index (χ0) is 23.0. The second kappa shape index (κ2) is 8.70. The van der Waals surface area contributed by atoms with Gasteiger partial charge in [0.1, 0.15) is 0 Å². The molecule has 3 rings (SSSR count). The summed E-state index contributed by atoms with van der Waals surface area (Å²) in [5.41, 5.74) is 6.56. The van der Waals surface area contributed by atoms with Crippen molar-refractivity contribution >= 4 is 39.9 Å². The number of hydrogen-bond donors (Lipinski definition) is 1. The van der Waals surface area contributed by atoms with Crippen molar-refractivity contribution in [2.75, 3.05) is 25.2 Å². The molecule has 0 saturated heterocycles. The molecule has 170 valence electrons. The first-order chi connectivity index (χ1) is 14.5. The smallest absolute Gasteiger partial charge is 0.396 e. The monoisotopic (exact) mass is 471 g/mol. The molecule has 11 nitrogen and oxygen atoms in total. The molecule has 0 aliphatic carbocycles. The van der Waals surface area contributed by atoms with Crippen LogP contribution >= 0.6 is 7.60 Å². The van der Waals surface area contributed by atoms with Gasteiger partial charge in [0.05, 0.1) is 13.2 Å². The molecule has 31 heavy (non-hydrogen) atoms. The van der Waals surface area contributed by atoms with Gasteiger partial charge in [-0.15, -0.1) is 0 Å². The van der Waals surface area contributed by atoms with Crippen LogP contribution in [0, 0.1) is 5.92 Å². The van der Waals surface area contributed by atoms with Gasteiger partial charge in [-0.2, -0.15) is 9.97 Å². The number of fused-ring (bicyclic) bond motifs is 1. The summed E-state index contributed by atoms with van der Waals surface area (Å²) in [6, 6.07) is 3.11. The zero-order valence-electron chi connectivity index (χ0n) is 18.0. The number of anilines is 1. The summed E-state index contributed by atoms with van der Waals surface area (Å²) in [5.74, 6) is 0.742. The molecule has 0 amide bonds. The first kappa shape index (κ1) is 23.4. The standard InChI is InChI=1S/C18H26N5O6PS/c1-6-27-30(24,28-7-2)13-9-8-12(29-13)16-20-14-15(19)21-18(31(5,25)26)22-17(14)23(16)10-11(3)4/h8-9,11H,6-7,10H2,1-5H3,(H2,19,21,22). The Kier molecular flexibility index (Phi) is 6.56. The third-order valence-electron chi connectivity index (χ3n) is 4.16. The second-order valence-electron chi connectivity index (χ2n) is 7.25. The quantitative estimate of drug-likeness (QED) is 0.364. The number of nitrogens with zero attached hydrogens (tertiary/aromatic N) is 4. The first-order valence-electron chi connectivity index (χ1n) is 9.73. The van der Waals surface area contributed by atoms with Gasteiger partial charge in [-0.1, -0.05) is 13.8 Å². The number of furan rings is 1. The Balaban J connectivity index is 2.22. The molecule has 0 aliphatic rings. The third-order valence-corrected chi connectivity index (χ3v) is 6.98. The molecule has 3 heterocycles. The van der Waals surface area contributed by atoms with Crippen molar-refractivity contribution in [1.29, 1.82) is 0 Å². The van der Waals surface area contributed by atoms with E-state index < -0.39 is 17.4 Å². The first-order valence-corrected chi connectivity index (χ1v) is 13.2. The minimum Gasteiger partial charge on any atom is -0.445 e. The van der Waals surface area contributed by atoms with Crippen LogP contribution in [0.5, 0.6) is 0 Å². The van der Waals surface area contributed by atoms with Crippen molar-refractivity contribution in [1.82, 2.24) is 19.5 Å². The summed E-state index contributed by atoms with van der Waals surface area (Å²) in [4.78, 5) is 12.6. The Bertz CT molecular complexity index is 1240. The fourth-order valence-corrected chi connectivity index (χ4v) is 4.99. The summed E-state index contributed by atoms with van der Waals surface area (Å²) < 4.78 is 55.2. The van der Waals surface area contributed by atoms with Crippen LogP contribution in [0.15, 0.2) is 21.7 Å². The normalized spacial score (nSPS) is 12.8. The molecule has 0 bridgehead atoms. The van der Waals surface area contributed by atoms with Crippen LogP contribution in [-0.4, -0.2) is 47.4 Å². The summed E-state index contributed by atoms with van der Waals surface area (Å²) in [7, 11) is -7.31. The number of nitrogen functional groups attached to an aromatic ring is 1. The van der Waals surface area contributed by atoms with Crippen LogP contribution in [0.3, 0.4) is 0 Å². The maximum absolute atomic E-state index is 13.0. The fourth-order valence-electron chi connectivity index (χ4n) is 2.99. The number of nitrogens with two attached hydrogens (primary N) is 1. The average molecular weight is 471 g/mol. The Morgan fingerprint density at radius 1 is 1.16 bits per heavy atom. The summed E-state index contributed by atoms with van der Waals surface area (Å²) in [6.45, 7) is 8.21. The van der Waals surface area contributed by atoms with E-state index in [1.54, 1.807) is 24.5 Å². The number of hydrogen-bond acceptors (Lipinski definition) is 10. The van der Waals surface area contributed by atoms with Gasteiger partial charge in [0.15, 0.2) is 28.6 Å². The molecule has 0 spiro atoms. The highest BCUT2D eigenvalue weighted by Crippen LogP contribution is 2.47. The van der Waals surface area contributed by atoms with Crippen LogP contribution in [0.1, 0.15) is 27.7 Å². The summed E-state index contributed by atoms with van der Waals surface area (Å²) >= 11 is 0. The molecule has 0 unspecified atom stereocenters. The highest BCUT2D eigenvalue weighted by atomic mass is 32.2. The minimum atomic E-state index is -3.68. The zero-order valence-corrected chi connectivity index (χ0v) is 19.7. The van der Waals surface area contributed by atoms with Crippen LogP contribution in [0.2, 0.25) is 0 Å². The van der Waals surface area contributed by atoms with E-state index >= 15 is 0 Å². The lowest BCUT2D eigenvalue weighted by molar-refractivity contribution is 0.225. The largest absolute Gasteiger partial charge is 0.445 e. The average Bonchev–Trinajstić information content (AvgIpc) is 3.27. The second-order valence-corrected chi connectivity index (χ2v) is 11.1. The van der Waals surface area contributed by atoms with E-state index in [-0.39, 0.29) is 52.5 Å². The van der Waals surface area contributed by atoms with Gasteiger partial charge >= 0.3 is 7.60 Å². The molecular weight excluding hydrogens is 445 g/mol. The topological polar surface area (TPSA) is 152 Å². The Morgan fingerprint density at radius 3 is 2.35 bits per heavy atom. The molecule has 0 aromatic carbocycles. The van der Waals surface area contributed by atoms with E-state index in [1.807, 2.05) is 13.8 Å². The van der Waals surface area contributed by atoms with Gasteiger partial charge < -0.3 is 23.8 Å². The molecule has 0 saturated carbocycles. The van der Waals surface area contributed by atoms with Gasteiger partial charge in [-0.3, -0.25) is 4.57 Å². The molecule has 13 heteroatoms. The van der Waals surface area contributed by atoms with Crippen molar-refractivity contribution in [3.8, 4) is 11.6 Å². The van der Waals surface area contributed by atoms with Crippen molar-refractivity contribution in [3.05, 3.63) is 12.1 Å². The fraction of sp³-hybridized carbons (Fsp3) is 0.500. The van der Waals surface area contributed by atoms with Crippen molar-refractivity contribution in [2.24, 2.45) is 5.92 Å². The molecule has 0 fully saturated rings. The lowest BCUT2D eigenvalue weighted by Gasteiger charge is -2.14. The maximum atomic E-state index is 13.0. The van der Waals surface area contributed by atoms with E-state index in [2.05, 4.69) is 15.0 Å². The number of aromatic nitrogens is 4. The van der Waals surface area contributed by atoms with E-state index in [9.17, 15) is 13.0 Å². The molecule has 2 N–H and O–H groups in total. The van der Waals surface area contributed by atoms with Gasteiger partial charge in [0, 0.05) is 12.8 Å². The van der Waals surface area contributed by atoms with Gasteiger partial charge in [0.2, 0.25) is 15.3 Å². The molecule has 3 aromatic rings. The highest BCUT2D eigenvalue weighted by molar-refractivity contribution is 7.90. The van der Waals surface area contributed by atoms with Gasteiger partial charge in [-0.25, -0.2) is 13.4 Å². The number of sulfone groups is 1. The predicted molar refractivity (Wildman–Crippen MR) is 116 cm³/mol. The van der Waals surface area contributed by atoms with Crippen LogP contribution in [0.25, 0.3) is 22.7 Å². The molecular formula is C18H26N5O6PS. The number of imidazole rings is 1. The summed E-state index contributed by atoms with van der Waals surface area (Å²) in [5, 5.41) is -0.383. The molecule has 3 aromatic heterocycles. The van der Waals surface area contributed by atoms with Crippen molar-refractivity contribution in [3.63, 3.8) is 0 Å². The van der Waals surface area contributed by atoms with Crippen LogP contribution < -0.4 is 11.2 Å². The van der Waals surface area contributed by atoms with Gasteiger partial charge in [0.25, 0.3) is 5.16 Å². The van der Waals surface area contributed by atoms with Gasteiger partial charge in [-0.05, 0) is 31.9 Å². The Morgan fingerprint density at radius 2 is 1.81 bits per heavy atom. The van der Waals surface area contributed by atoms with Crippen molar-refractivity contribution < 1.29 is 26.4 Å². The van der Waals surface area contributed by atoms with Crippen LogP contribution in [0.4, 0.5) is 5.82 Å². The molecule has 0 radical (unpaired) electrons. The van der Waals surface area contributed by atoms with E-state index in [1.165, 1.54) is 6.07 Å². The van der Waals surface area contributed by atoms with E-state index in [0.29, 0.717) is 12.4 Å².